The number of fused-ring (bicyclic) bond motifs is 1. The minimum Gasteiger partial charge on any atom is -0.295 e. The van der Waals surface area contributed by atoms with Crippen LogP contribution >= 0.6 is 0 Å². The smallest absolute Gasteiger partial charge is 0.295 e. The molecule has 0 amide bonds. The third kappa shape index (κ3) is 2.65. The highest BCUT2D eigenvalue weighted by molar-refractivity contribution is 5.75. The molecule has 1 atom stereocenters. The average molecular weight is 313 g/mol. The molecule has 0 saturated carbocycles. The molecule has 1 aromatic heterocycles. The first-order valence-electron chi connectivity index (χ1n) is 7.31. The number of alkyl halides is 3. The molecule has 0 radical (unpaired) electrons. The summed E-state index contributed by atoms with van der Waals surface area (Å²) in [5, 5.41) is 0. The van der Waals surface area contributed by atoms with E-state index in [1.807, 2.05) is 24.3 Å². The summed E-state index contributed by atoms with van der Waals surface area (Å²) in [7, 11) is 1.68. The predicted octanol–water partition coefficient (Wildman–Crippen LogP) is 2.57. The second-order valence-electron chi connectivity index (χ2n) is 5.86. The minimum atomic E-state index is -4.16. The van der Waals surface area contributed by atoms with Gasteiger partial charge in [0, 0.05) is 13.6 Å². The summed E-state index contributed by atoms with van der Waals surface area (Å²) in [6.07, 6.45) is -3.49. The Labute approximate surface area is 125 Å². The summed E-state index contributed by atoms with van der Waals surface area (Å²) >= 11 is 0. The van der Waals surface area contributed by atoms with Gasteiger partial charge in [0.15, 0.2) is 0 Å². The van der Waals surface area contributed by atoms with Crippen molar-refractivity contribution in [3.63, 3.8) is 0 Å². The number of nitrogens with zero attached hydrogens (tertiary/aromatic N) is 3. The van der Waals surface area contributed by atoms with E-state index in [-0.39, 0.29) is 25.3 Å². The van der Waals surface area contributed by atoms with Crippen molar-refractivity contribution in [1.82, 2.24) is 14.0 Å². The fourth-order valence-corrected chi connectivity index (χ4v) is 3.15. The van der Waals surface area contributed by atoms with E-state index in [1.54, 1.807) is 16.5 Å². The van der Waals surface area contributed by atoms with Crippen LogP contribution in [0.1, 0.15) is 12.8 Å². The van der Waals surface area contributed by atoms with Gasteiger partial charge in [0.25, 0.3) is 0 Å². The van der Waals surface area contributed by atoms with E-state index in [2.05, 4.69) is 0 Å². The maximum absolute atomic E-state index is 12.9. The van der Waals surface area contributed by atoms with Gasteiger partial charge in [-0.25, -0.2) is 4.79 Å². The summed E-state index contributed by atoms with van der Waals surface area (Å²) < 4.78 is 41.7. The summed E-state index contributed by atoms with van der Waals surface area (Å²) in [6, 6.07) is 7.32. The summed E-state index contributed by atoms with van der Waals surface area (Å²) in [5.74, 6) is -1.30. The predicted molar refractivity (Wildman–Crippen MR) is 77.5 cm³/mol. The average Bonchev–Trinajstić information content (AvgIpc) is 2.72. The molecule has 0 spiro atoms. The lowest BCUT2D eigenvalue weighted by Crippen LogP contribution is -2.43. The van der Waals surface area contributed by atoms with E-state index >= 15 is 0 Å². The first-order valence-corrected chi connectivity index (χ1v) is 7.31. The number of likely N-dealkylation sites (tertiary alicyclic amines) is 1. The van der Waals surface area contributed by atoms with Gasteiger partial charge in [0.05, 0.1) is 23.6 Å². The van der Waals surface area contributed by atoms with E-state index in [1.165, 1.54) is 4.57 Å². The van der Waals surface area contributed by atoms with Gasteiger partial charge in [0.1, 0.15) is 0 Å². The molecule has 1 fully saturated rings. The zero-order valence-electron chi connectivity index (χ0n) is 12.3. The molecule has 1 aliphatic rings. The van der Waals surface area contributed by atoms with Crippen LogP contribution in [0, 0.1) is 5.92 Å². The van der Waals surface area contributed by atoms with Crippen molar-refractivity contribution in [3.8, 4) is 0 Å². The Morgan fingerprint density at radius 1 is 1.23 bits per heavy atom. The molecule has 0 aliphatic carbocycles. The molecule has 4 nitrogen and oxygen atoms in total. The van der Waals surface area contributed by atoms with Crippen molar-refractivity contribution in [1.29, 1.82) is 0 Å². The van der Waals surface area contributed by atoms with Crippen molar-refractivity contribution in [2.24, 2.45) is 13.0 Å². The Kier molecular flexibility index (Phi) is 3.76. The Morgan fingerprint density at radius 3 is 2.59 bits per heavy atom. The molecule has 7 heteroatoms. The highest BCUT2D eigenvalue weighted by Gasteiger charge is 2.41. The monoisotopic (exact) mass is 313 g/mol. The molecule has 22 heavy (non-hydrogen) atoms. The number of hydrogen-bond acceptors (Lipinski definition) is 2. The van der Waals surface area contributed by atoms with Crippen LogP contribution in [-0.4, -0.2) is 33.3 Å². The maximum Gasteiger partial charge on any atom is 0.393 e. The van der Waals surface area contributed by atoms with Gasteiger partial charge in [-0.05, 0) is 31.5 Å². The highest BCUT2D eigenvalue weighted by atomic mass is 19.4. The zero-order valence-corrected chi connectivity index (χ0v) is 12.3. The number of imidazole rings is 1. The molecule has 0 unspecified atom stereocenters. The molecule has 0 N–H and O–H groups in total. The number of halogens is 3. The van der Waals surface area contributed by atoms with Gasteiger partial charge in [-0.15, -0.1) is 0 Å². The number of hydrogen-bond donors (Lipinski definition) is 0. The number of rotatable bonds is 2. The number of aryl methyl sites for hydroxylation is 1. The van der Waals surface area contributed by atoms with Gasteiger partial charge in [-0.3, -0.25) is 14.0 Å². The van der Waals surface area contributed by atoms with Gasteiger partial charge >= 0.3 is 11.9 Å². The molecule has 0 bridgehead atoms. The van der Waals surface area contributed by atoms with Gasteiger partial charge in [-0.1, -0.05) is 12.1 Å². The standard InChI is InChI=1S/C15H18F3N3O/c1-19-12-6-2-3-7-13(12)21(14(19)22)10-20-8-4-5-11(9-20)15(16,17)18/h2-3,6-7,11H,4-5,8-10H2,1H3/t11-/m1/s1. The molecule has 1 saturated heterocycles. The number of aromatic nitrogens is 2. The van der Waals surface area contributed by atoms with Crippen molar-refractivity contribution >= 4 is 11.0 Å². The van der Waals surface area contributed by atoms with Crippen LogP contribution < -0.4 is 5.69 Å². The molecular formula is C15H18F3N3O. The molecule has 1 aromatic carbocycles. The number of benzene rings is 1. The van der Waals surface area contributed by atoms with Crippen molar-refractivity contribution < 1.29 is 13.2 Å². The zero-order chi connectivity index (χ0) is 15.9. The molecule has 2 heterocycles. The second-order valence-corrected chi connectivity index (χ2v) is 5.86. The Morgan fingerprint density at radius 2 is 1.91 bits per heavy atom. The molecule has 3 rings (SSSR count). The molecule has 2 aromatic rings. The van der Waals surface area contributed by atoms with E-state index in [9.17, 15) is 18.0 Å². The third-order valence-corrected chi connectivity index (χ3v) is 4.36. The van der Waals surface area contributed by atoms with Crippen LogP contribution in [-0.2, 0) is 13.7 Å². The highest BCUT2D eigenvalue weighted by Crippen LogP contribution is 2.33. The largest absolute Gasteiger partial charge is 0.393 e. The second kappa shape index (κ2) is 5.46. The first kappa shape index (κ1) is 15.1. The molecule has 120 valence electrons. The first-order chi connectivity index (χ1) is 10.4. The van der Waals surface area contributed by atoms with Gasteiger partial charge < -0.3 is 0 Å². The van der Waals surface area contributed by atoms with Crippen LogP contribution in [0.25, 0.3) is 11.0 Å². The van der Waals surface area contributed by atoms with E-state index in [4.69, 9.17) is 0 Å². The van der Waals surface area contributed by atoms with Crippen LogP contribution in [0.2, 0.25) is 0 Å². The van der Waals surface area contributed by atoms with Crippen molar-refractivity contribution in [2.75, 3.05) is 13.1 Å². The SMILES string of the molecule is Cn1c(=O)n(CN2CCC[C@@H](C(F)(F)F)C2)c2ccccc21. The summed E-state index contributed by atoms with van der Waals surface area (Å²) in [6.45, 7) is 0.744. The fraction of sp³-hybridized carbons (Fsp3) is 0.533. The molecular weight excluding hydrogens is 295 g/mol. The lowest BCUT2D eigenvalue weighted by molar-refractivity contribution is -0.188. The Hall–Kier alpha value is -1.76. The summed E-state index contributed by atoms with van der Waals surface area (Å²) in [5.41, 5.74) is 1.34. The van der Waals surface area contributed by atoms with Crippen LogP contribution in [0.15, 0.2) is 29.1 Å². The molecule has 1 aliphatic heterocycles. The van der Waals surface area contributed by atoms with Crippen LogP contribution in [0.3, 0.4) is 0 Å². The van der Waals surface area contributed by atoms with Crippen molar-refractivity contribution in [2.45, 2.75) is 25.7 Å². The van der Waals surface area contributed by atoms with Crippen molar-refractivity contribution in [3.05, 3.63) is 34.7 Å². The number of piperidine rings is 1. The van der Waals surface area contributed by atoms with E-state index < -0.39 is 12.1 Å². The van der Waals surface area contributed by atoms with E-state index in [0.29, 0.717) is 13.0 Å². The Bertz CT molecular complexity index is 732. The normalized spacial score (nSPS) is 20.6. The topological polar surface area (TPSA) is 30.2 Å². The lowest BCUT2D eigenvalue weighted by Gasteiger charge is -2.33. The third-order valence-electron chi connectivity index (χ3n) is 4.36. The quantitative estimate of drug-likeness (QED) is 0.853. The maximum atomic E-state index is 12.9. The summed E-state index contributed by atoms with van der Waals surface area (Å²) in [4.78, 5) is 14.0. The Balaban J connectivity index is 1.88. The van der Waals surface area contributed by atoms with Crippen LogP contribution in [0.5, 0.6) is 0 Å². The van der Waals surface area contributed by atoms with Gasteiger partial charge in [0.2, 0.25) is 0 Å². The van der Waals surface area contributed by atoms with Crippen LogP contribution in [0.4, 0.5) is 13.2 Å². The fourth-order valence-electron chi connectivity index (χ4n) is 3.15. The van der Waals surface area contributed by atoms with E-state index in [0.717, 1.165) is 11.0 Å². The number of para-hydroxylation sites is 2. The lowest BCUT2D eigenvalue weighted by atomic mass is 9.98. The van der Waals surface area contributed by atoms with Gasteiger partial charge in [-0.2, -0.15) is 13.2 Å². The minimum absolute atomic E-state index is 0.0425.